The van der Waals surface area contributed by atoms with Crippen molar-refractivity contribution < 1.29 is 0 Å². The summed E-state index contributed by atoms with van der Waals surface area (Å²) in [7, 11) is 0. The Morgan fingerprint density at radius 1 is 1.71 bits per heavy atom. The maximum atomic E-state index is 4.89. The minimum absolute atomic E-state index is 0.199. The van der Waals surface area contributed by atoms with E-state index in [0.717, 1.165) is 6.42 Å². The molecule has 0 aromatic rings. The van der Waals surface area contributed by atoms with Gasteiger partial charge in [0.1, 0.15) is 0 Å². The van der Waals surface area contributed by atoms with E-state index in [9.17, 15) is 0 Å². The zero-order valence-electron chi connectivity index (χ0n) is 4.98. The van der Waals surface area contributed by atoms with Crippen molar-refractivity contribution in [1.82, 2.24) is 0 Å². The maximum Gasteiger partial charge on any atom is 0.0177 e. The largest absolute Gasteiger partial charge is 0.0902 e. The van der Waals surface area contributed by atoms with Gasteiger partial charge in [-0.1, -0.05) is 32.9 Å². The van der Waals surface area contributed by atoms with Crippen LogP contribution in [0.15, 0.2) is 0 Å². The lowest BCUT2D eigenvalue weighted by Gasteiger charge is -2.08. The summed E-state index contributed by atoms with van der Waals surface area (Å²) in [6.07, 6.45) is 1.15. The van der Waals surface area contributed by atoms with Gasteiger partial charge in [0.15, 0.2) is 0 Å². The third-order valence-corrected chi connectivity index (χ3v) is 1.74. The third kappa shape index (κ3) is 2.98. The van der Waals surface area contributed by atoms with E-state index in [0.29, 0.717) is 5.92 Å². The van der Waals surface area contributed by atoms with Gasteiger partial charge in [0.2, 0.25) is 0 Å². The molecule has 0 aliphatic carbocycles. The van der Waals surface area contributed by atoms with Gasteiger partial charge in [0.25, 0.3) is 0 Å². The van der Waals surface area contributed by atoms with Crippen molar-refractivity contribution >= 4 is 12.6 Å². The lowest BCUT2D eigenvalue weighted by Crippen LogP contribution is -2.04. The van der Waals surface area contributed by atoms with Gasteiger partial charge < -0.3 is 0 Å². The van der Waals surface area contributed by atoms with Crippen LogP contribution in [0.1, 0.15) is 20.3 Å². The topological polar surface area (TPSA) is 0 Å². The quantitative estimate of drug-likeness (QED) is 0.520. The van der Waals surface area contributed by atoms with E-state index in [2.05, 4.69) is 20.8 Å². The third-order valence-electron chi connectivity index (χ3n) is 1.28. The van der Waals surface area contributed by atoms with Crippen LogP contribution in [0.5, 0.6) is 0 Å². The monoisotopic (exact) mass is 116 g/mol. The van der Waals surface area contributed by atoms with Crippen molar-refractivity contribution in [3.8, 4) is 0 Å². The number of rotatable bonds is 2. The molecule has 0 nitrogen and oxygen atoms in total. The molecule has 0 amide bonds. The second-order valence-corrected chi connectivity index (χ2v) is 2.53. The Labute approximate surface area is 51.7 Å². The summed E-state index contributed by atoms with van der Waals surface area (Å²) in [5, 5.41) is 0.199. The highest BCUT2D eigenvalue weighted by Gasteiger charge is 2.03. The van der Waals surface area contributed by atoms with Gasteiger partial charge in [-0.15, -0.1) is 0 Å². The van der Waals surface area contributed by atoms with E-state index in [1.165, 1.54) is 0 Å². The van der Waals surface area contributed by atoms with Crippen LogP contribution in [0.2, 0.25) is 0 Å². The molecule has 0 fully saturated rings. The molecule has 0 aliphatic heterocycles. The van der Waals surface area contributed by atoms with E-state index >= 15 is 0 Å². The zero-order valence-corrected chi connectivity index (χ0v) is 5.79. The normalized spacial score (nSPS) is 18.9. The Kier molecular flexibility index (Phi) is 3.53. The van der Waals surface area contributed by atoms with Crippen LogP contribution < -0.4 is 0 Å². The smallest absolute Gasteiger partial charge is 0.0177 e. The molecule has 0 aliphatic rings. The average molecular weight is 116 g/mol. The molecule has 0 aromatic carbocycles. The summed E-state index contributed by atoms with van der Waals surface area (Å²) in [5.41, 5.74) is 0. The molecule has 2 unspecified atom stereocenters. The van der Waals surface area contributed by atoms with E-state index < -0.39 is 0 Å². The average Bonchev–Trinajstić information content (AvgIpc) is 1.65. The summed E-state index contributed by atoms with van der Waals surface area (Å²) in [6, 6.07) is 0. The van der Waals surface area contributed by atoms with E-state index in [1.54, 1.807) is 0 Å². The van der Waals surface area contributed by atoms with Gasteiger partial charge in [0, 0.05) is 5.25 Å². The standard InChI is InChI=1S/C6H12S/c1-4-5(2)6(3)7/h5-6H,3-4H2,1-2H3. The second-order valence-electron chi connectivity index (χ2n) is 1.92. The van der Waals surface area contributed by atoms with Crippen molar-refractivity contribution in [2.75, 3.05) is 0 Å². The van der Waals surface area contributed by atoms with Crippen LogP contribution in [0.25, 0.3) is 0 Å². The highest BCUT2D eigenvalue weighted by Crippen LogP contribution is 2.10. The summed E-state index contributed by atoms with van der Waals surface area (Å²) < 4.78 is 0. The Bertz CT molecular complexity index is 41.4. The molecule has 0 aromatic heterocycles. The zero-order chi connectivity index (χ0) is 5.86. The molecular formula is C6H12S. The molecule has 0 N–H and O–H groups in total. The summed E-state index contributed by atoms with van der Waals surface area (Å²) in [6.45, 7) is 7.99. The van der Waals surface area contributed by atoms with Gasteiger partial charge in [-0.25, -0.2) is 0 Å². The highest BCUT2D eigenvalue weighted by atomic mass is 32.1. The molecule has 7 heavy (non-hydrogen) atoms. The Morgan fingerprint density at radius 3 is 2.14 bits per heavy atom. The van der Waals surface area contributed by atoms with Gasteiger partial charge in [-0.2, -0.15) is 0 Å². The molecule has 0 saturated carbocycles. The molecule has 0 bridgehead atoms. The van der Waals surface area contributed by atoms with Crippen molar-refractivity contribution in [2.45, 2.75) is 25.5 Å². The molecule has 2 atom stereocenters. The predicted molar refractivity (Wildman–Crippen MR) is 36.2 cm³/mol. The molecule has 42 valence electrons. The molecule has 0 spiro atoms. The minimum atomic E-state index is 0.199. The molecule has 0 saturated heterocycles. The van der Waals surface area contributed by atoms with Crippen LogP contribution in [-0.2, 0) is 0 Å². The first-order valence-corrected chi connectivity index (χ1v) is 3.14. The summed E-state index contributed by atoms with van der Waals surface area (Å²) in [5.74, 6) is 0.606. The van der Waals surface area contributed by atoms with Crippen molar-refractivity contribution in [3.63, 3.8) is 0 Å². The molecule has 2 radical (unpaired) electrons. The molecule has 1 heteroatoms. The fourth-order valence-corrected chi connectivity index (χ4v) is 0.455. The van der Waals surface area contributed by atoms with E-state index in [1.807, 2.05) is 0 Å². The Balaban J connectivity index is 3.14. The number of hydrogen-bond donors (Lipinski definition) is 0. The summed E-state index contributed by atoms with van der Waals surface area (Å²) >= 11 is 4.89. The first kappa shape index (κ1) is 7.35. The van der Waals surface area contributed by atoms with Gasteiger partial charge in [0.05, 0.1) is 0 Å². The van der Waals surface area contributed by atoms with Crippen LogP contribution in [0.3, 0.4) is 0 Å². The maximum absolute atomic E-state index is 4.89. The molecule has 0 heterocycles. The molecule has 0 rings (SSSR count). The highest BCUT2D eigenvalue weighted by molar-refractivity contribution is 7.81. The fraction of sp³-hybridized carbons (Fsp3) is 0.833. The van der Waals surface area contributed by atoms with E-state index in [-0.39, 0.29) is 5.25 Å². The Hall–Kier alpha value is 0.350. The van der Waals surface area contributed by atoms with Crippen LogP contribution in [-0.4, -0.2) is 5.25 Å². The SMILES string of the molecule is [CH2]C([S])C(C)CC. The van der Waals surface area contributed by atoms with Crippen molar-refractivity contribution in [1.29, 1.82) is 0 Å². The van der Waals surface area contributed by atoms with Crippen molar-refractivity contribution in [3.05, 3.63) is 6.92 Å². The van der Waals surface area contributed by atoms with Gasteiger partial charge in [-0.05, 0) is 12.8 Å². The minimum Gasteiger partial charge on any atom is -0.0902 e. The summed E-state index contributed by atoms with van der Waals surface area (Å²) in [4.78, 5) is 0. The van der Waals surface area contributed by atoms with E-state index in [4.69, 9.17) is 12.6 Å². The lowest BCUT2D eigenvalue weighted by atomic mass is 10.1. The van der Waals surface area contributed by atoms with Crippen LogP contribution in [0.4, 0.5) is 0 Å². The Morgan fingerprint density at radius 2 is 2.14 bits per heavy atom. The van der Waals surface area contributed by atoms with Crippen LogP contribution in [0, 0.1) is 12.8 Å². The lowest BCUT2D eigenvalue weighted by molar-refractivity contribution is 0.584. The first-order chi connectivity index (χ1) is 3.18. The number of hydrogen-bond acceptors (Lipinski definition) is 0. The van der Waals surface area contributed by atoms with Gasteiger partial charge in [-0.3, -0.25) is 0 Å². The first-order valence-electron chi connectivity index (χ1n) is 2.67. The fourth-order valence-electron chi connectivity index (χ4n) is 0.263. The van der Waals surface area contributed by atoms with Crippen LogP contribution >= 0.6 is 12.6 Å². The second kappa shape index (κ2) is 3.36. The molecular weight excluding hydrogens is 104 g/mol. The predicted octanol–water partition coefficient (Wildman–Crippen LogP) is 2.43. The van der Waals surface area contributed by atoms with Gasteiger partial charge >= 0.3 is 0 Å². The van der Waals surface area contributed by atoms with Crippen molar-refractivity contribution in [2.24, 2.45) is 5.92 Å².